The lowest BCUT2D eigenvalue weighted by molar-refractivity contribution is 0.00578. The van der Waals surface area contributed by atoms with E-state index in [0.717, 1.165) is 58.4 Å². The van der Waals surface area contributed by atoms with E-state index in [4.69, 9.17) is 14.0 Å². The van der Waals surface area contributed by atoms with Crippen LogP contribution in [0.3, 0.4) is 0 Å². The zero-order valence-electron chi connectivity index (χ0n) is 16.2. The van der Waals surface area contributed by atoms with Crippen molar-refractivity contribution in [1.82, 2.24) is 10.2 Å². The lowest BCUT2D eigenvalue weighted by atomic mass is 9.67. The highest BCUT2D eigenvalue weighted by Gasteiger charge is 2.53. The molecule has 2 amide bonds. The molecular formula is C18H33BN2O4. The first-order valence-corrected chi connectivity index (χ1v) is 9.77. The summed E-state index contributed by atoms with van der Waals surface area (Å²) in [6, 6.07) is 0.315. The second-order valence-corrected chi connectivity index (χ2v) is 8.64. The van der Waals surface area contributed by atoms with E-state index < -0.39 is 0 Å². The summed E-state index contributed by atoms with van der Waals surface area (Å²) in [5, 5.41) is 3.18. The van der Waals surface area contributed by atoms with Crippen LogP contribution in [-0.4, -0.2) is 61.6 Å². The van der Waals surface area contributed by atoms with Gasteiger partial charge in [-0.05, 0) is 65.6 Å². The fraction of sp³-hybridized carbons (Fsp3) is 0.944. The van der Waals surface area contributed by atoms with Crippen LogP contribution in [0.5, 0.6) is 0 Å². The molecule has 1 atom stereocenters. The number of amides is 2. The maximum absolute atomic E-state index is 12.5. The lowest BCUT2D eigenvalue weighted by Crippen LogP contribution is -2.48. The fourth-order valence-electron chi connectivity index (χ4n) is 3.77. The van der Waals surface area contributed by atoms with Gasteiger partial charge in [-0.25, -0.2) is 4.79 Å². The summed E-state index contributed by atoms with van der Waals surface area (Å²) in [7, 11) is -0.158. The molecule has 0 aromatic heterocycles. The standard InChI is InChI=1S/C18H33BN2O4/c1-17(2)18(3,4)25-19(24-17)14-7-10-21(11-8-14)16(22)20-15-6-5-12-23-13-9-15/h14-15H,5-13H2,1-4H3,(H,20,22). The van der Waals surface area contributed by atoms with E-state index in [0.29, 0.717) is 5.82 Å². The highest BCUT2D eigenvalue weighted by molar-refractivity contribution is 6.47. The molecule has 25 heavy (non-hydrogen) atoms. The second kappa shape index (κ2) is 7.45. The molecule has 0 aromatic carbocycles. The number of nitrogens with zero attached hydrogens (tertiary/aromatic N) is 1. The Bertz CT molecular complexity index is 454. The summed E-state index contributed by atoms with van der Waals surface area (Å²) >= 11 is 0. The van der Waals surface area contributed by atoms with Gasteiger partial charge in [0.1, 0.15) is 0 Å². The normalized spacial score (nSPS) is 30.2. The van der Waals surface area contributed by atoms with Gasteiger partial charge in [-0.1, -0.05) is 0 Å². The summed E-state index contributed by atoms with van der Waals surface area (Å²) in [6.45, 7) is 11.4. The first kappa shape index (κ1) is 19.0. The van der Waals surface area contributed by atoms with Crippen LogP contribution < -0.4 is 5.32 Å². The molecule has 3 aliphatic rings. The first-order chi connectivity index (χ1) is 11.8. The quantitative estimate of drug-likeness (QED) is 0.777. The van der Waals surface area contributed by atoms with Gasteiger partial charge in [-0.3, -0.25) is 0 Å². The molecule has 0 aromatic rings. The predicted octanol–water partition coefficient (Wildman–Crippen LogP) is 2.82. The van der Waals surface area contributed by atoms with Crippen molar-refractivity contribution in [2.75, 3.05) is 26.3 Å². The maximum Gasteiger partial charge on any atom is 0.461 e. The predicted molar refractivity (Wildman–Crippen MR) is 97.6 cm³/mol. The van der Waals surface area contributed by atoms with Gasteiger partial charge < -0.3 is 24.3 Å². The number of likely N-dealkylation sites (tertiary alicyclic amines) is 1. The molecule has 0 spiro atoms. The number of hydrogen-bond donors (Lipinski definition) is 1. The third-order valence-electron chi connectivity index (χ3n) is 6.26. The van der Waals surface area contributed by atoms with Crippen molar-refractivity contribution in [3.8, 4) is 0 Å². The summed E-state index contributed by atoms with van der Waals surface area (Å²) in [5.41, 5.74) is -0.568. The number of carbonyl (C=O) groups excluding carboxylic acids is 1. The molecule has 3 saturated heterocycles. The van der Waals surface area contributed by atoms with Crippen molar-refractivity contribution in [3.05, 3.63) is 0 Å². The molecule has 3 aliphatic heterocycles. The van der Waals surface area contributed by atoms with Crippen LogP contribution in [0, 0.1) is 0 Å². The highest BCUT2D eigenvalue weighted by Crippen LogP contribution is 2.42. The fourth-order valence-corrected chi connectivity index (χ4v) is 3.77. The Morgan fingerprint density at radius 2 is 1.64 bits per heavy atom. The Labute approximate surface area is 152 Å². The smallest absolute Gasteiger partial charge is 0.403 e. The molecule has 0 radical (unpaired) electrons. The summed E-state index contributed by atoms with van der Waals surface area (Å²) in [5.74, 6) is 0.358. The van der Waals surface area contributed by atoms with Crippen molar-refractivity contribution in [3.63, 3.8) is 0 Å². The largest absolute Gasteiger partial charge is 0.461 e. The highest BCUT2D eigenvalue weighted by atomic mass is 16.7. The molecule has 142 valence electrons. The Hall–Kier alpha value is -0.785. The third kappa shape index (κ3) is 4.31. The van der Waals surface area contributed by atoms with Crippen molar-refractivity contribution < 1.29 is 18.8 Å². The van der Waals surface area contributed by atoms with Gasteiger partial charge in [0.25, 0.3) is 0 Å². The second-order valence-electron chi connectivity index (χ2n) is 8.64. The first-order valence-electron chi connectivity index (χ1n) is 9.77. The van der Waals surface area contributed by atoms with Gasteiger partial charge >= 0.3 is 13.1 Å². The van der Waals surface area contributed by atoms with Crippen molar-refractivity contribution in [1.29, 1.82) is 0 Å². The Morgan fingerprint density at radius 3 is 2.28 bits per heavy atom. The van der Waals surface area contributed by atoms with Crippen LogP contribution in [0.25, 0.3) is 0 Å². The number of rotatable bonds is 2. The van der Waals surface area contributed by atoms with E-state index in [-0.39, 0.29) is 30.4 Å². The SMILES string of the molecule is CC1(C)OB(C2CCN(C(=O)NC3CCCOCC3)CC2)OC1(C)C. The number of ether oxygens (including phenoxy) is 1. The average molecular weight is 352 g/mol. The molecule has 3 fully saturated rings. The molecule has 1 unspecified atom stereocenters. The van der Waals surface area contributed by atoms with E-state index in [1.165, 1.54) is 0 Å². The van der Waals surface area contributed by atoms with Crippen LogP contribution in [0.15, 0.2) is 0 Å². The van der Waals surface area contributed by atoms with Gasteiger partial charge in [-0.15, -0.1) is 0 Å². The number of hydrogen-bond acceptors (Lipinski definition) is 4. The maximum atomic E-state index is 12.5. The van der Waals surface area contributed by atoms with E-state index in [1.54, 1.807) is 0 Å². The Balaban J connectivity index is 1.46. The summed E-state index contributed by atoms with van der Waals surface area (Å²) in [4.78, 5) is 14.5. The molecule has 3 heterocycles. The topological polar surface area (TPSA) is 60.0 Å². The molecule has 7 heteroatoms. The van der Waals surface area contributed by atoms with Crippen LogP contribution in [0.4, 0.5) is 4.79 Å². The number of urea groups is 1. The summed E-state index contributed by atoms with van der Waals surface area (Å²) in [6.07, 6.45) is 4.80. The number of piperidine rings is 1. The number of nitrogens with one attached hydrogen (secondary N) is 1. The Morgan fingerprint density at radius 1 is 1.00 bits per heavy atom. The van der Waals surface area contributed by atoms with Crippen molar-refractivity contribution >= 4 is 13.1 Å². The molecule has 6 nitrogen and oxygen atoms in total. The van der Waals surface area contributed by atoms with Crippen molar-refractivity contribution in [2.24, 2.45) is 0 Å². The van der Waals surface area contributed by atoms with Gasteiger partial charge in [0.05, 0.1) is 11.2 Å². The summed E-state index contributed by atoms with van der Waals surface area (Å²) < 4.78 is 17.8. The van der Waals surface area contributed by atoms with Gasteiger partial charge in [0.2, 0.25) is 0 Å². The van der Waals surface area contributed by atoms with Gasteiger partial charge in [-0.2, -0.15) is 0 Å². The van der Waals surface area contributed by atoms with E-state index in [1.807, 2.05) is 4.90 Å². The van der Waals surface area contributed by atoms with Gasteiger partial charge in [0, 0.05) is 32.3 Å². The van der Waals surface area contributed by atoms with Crippen molar-refractivity contribution in [2.45, 2.75) is 82.9 Å². The average Bonchev–Trinajstić information content (AvgIpc) is 2.74. The Kier molecular flexibility index (Phi) is 5.66. The lowest BCUT2D eigenvalue weighted by Gasteiger charge is -2.33. The zero-order chi connectivity index (χ0) is 18.1. The van der Waals surface area contributed by atoms with Gasteiger partial charge in [0.15, 0.2) is 0 Å². The number of carbonyl (C=O) groups is 1. The van der Waals surface area contributed by atoms with Crippen LogP contribution in [0.1, 0.15) is 59.8 Å². The molecule has 0 saturated carbocycles. The van der Waals surface area contributed by atoms with Crippen LogP contribution >= 0.6 is 0 Å². The minimum Gasteiger partial charge on any atom is -0.403 e. The van der Waals surface area contributed by atoms with Crippen LogP contribution in [-0.2, 0) is 14.0 Å². The molecule has 1 N–H and O–H groups in total. The third-order valence-corrected chi connectivity index (χ3v) is 6.26. The van der Waals surface area contributed by atoms with Crippen LogP contribution in [0.2, 0.25) is 5.82 Å². The molecule has 0 aliphatic carbocycles. The zero-order valence-corrected chi connectivity index (χ0v) is 16.2. The van der Waals surface area contributed by atoms with E-state index in [2.05, 4.69) is 33.0 Å². The molecule has 3 rings (SSSR count). The molecular weight excluding hydrogens is 319 g/mol. The van der Waals surface area contributed by atoms with E-state index >= 15 is 0 Å². The molecule has 0 bridgehead atoms. The monoisotopic (exact) mass is 352 g/mol. The minimum atomic E-state index is -0.284. The minimum absolute atomic E-state index is 0.0688. The van der Waals surface area contributed by atoms with E-state index in [9.17, 15) is 4.79 Å².